The molecule has 3 nitrogen and oxygen atoms in total. The molecule has 1 N–H and O–H groups in total. The first-order valence-corrected chi connectivity index (χ1v) is 5.10. The van der Waals surface area contributed by atoms with E-state index in [9.17, 15) is 9.90 Å². The average Bonchev–Trinajstić information content (AvgIpc) is 2.09. The van der Waals surface area contributed by atoms with Crippen LogP contribution in [0.2, 0.25) is 0 Å². The van der Waals surface area contributed by atoms with Crippen molar-refractivity contribution >= 4 is 5.97 Å². The second-order valence-corrected chi connectivity index (χ2v) is 4.19. The van der Waals surface area contributed by atoms with E-state index in [0.717, 1.165) is 11.1 Å². The van der Waals surface area contributed by atoms with E-state index < -0.39 is 6.10 Å². The van der Waals surface area contributed by atoms with Gasteiger partial charge in [-0.15, -0.1) is 0 Å². The molecule has 0 fully saturated rings. The first kappa shape index (κ1) is 12.0. The largest absolute Gasteiger partial charge is 0.458 e. The van der Waals surface area contributed by atoms with Crippen molar-refractivity contribution in [3.8, 4) is 0 Å². The maximum atomic E-state index is 10.9. The van der Waals surface area contributed by atoms with Crippen LogP contribution in [-0.2, 0) is 9.53 Å². The monoisotopic (exact) mass is 210 g/mol. The Morgan fingerprint density at radius 2 is 2.20 bits per heavy atom. The Kier molecular flexibility index (Phi) is 3.69. The van der Waals surface area contributed by atoms with Crippen molar-refractivity contribution in [1.82, 2.24) is 0 Å². The van der Waals surface area contributed by atoms with Crippen LogP contribution in [0.3, 0.4) is 0 Å². The highest BCUT2D eigenvalue weighted by molar-refractivity contribution is 5.66. The molecule has 0 amide bonds. The Morgan fingerprint density at radius 1 is 1.60 bits per heavy atom. The van der Waals surface area contributed by atoms with Crippen LogP contribution in [-0.4, -0.2) is 23.3 Å². The second kappa shape index (κ2) is 4.62. The Bertz CT molecular complexity index is 304. The van der Waals surface area contributed by atoms with Crippen LogP contribution in [0.15, 0.2) is 23.8 Å². The molecule has 0 saturated heterocycles. The van der Waals surface area contributed by atoms with Crippen LogP contribution in [0.25, 0.3) is 0 Å². The summed E-state index contributed by atoms with van der Waals surface area (Å²) >= 11 is 0. The van der Waals surface area contributed by atoms with Crippen molar-refractivity contribution in [3.05, 3.63) is 23.8 Å². The molecule has 0 aliphatic heterocycles. The van der Waals surface area contributed by atoms with E-state index in [1.807, 2.05) is 19.9 Å². The van der Waals surface area contributed by atoms with Crippen molar-refractivity contribution < 1.29 is 14.6 Å². The van der Waals surface area contributed by atoms with Crippen molar-refractivity contribution in [2.75, 3.05) is 0 Å². The SMILES string of the molecule is C=C(C)[C@@H]1C[C@@H](O)C(C)=C[C@@H]1OC(C)=O. The molecule has 84 valence electrons. The molecule has 0 saturated carbocycles. The maximum absolute atomic E-state index is 10.9. The zero-order valence-corrected chi connectivity index (χ0v) is 9.49. The number of rotatable bonds is 2. The van der Waals surface area contributed by atoms with Crippen LogP contribution in [0.1, 0.15) is 27.2 Å². The molecule has 3 atom stereocenters. The highest BCUT2D eigenvalue weighted by atomic mass is 16.5. The molecule has 0 aromatic carbocycles. The summed E-state index contributed by atoms with van der Waals surface area (Å²) in [5, 5.41) is 9.70. The summed E-state index contributed by atoms with van der Waals surface area (Å²) in [5.74, 6) is -0.278. The van der Waals surface area contributed by atoms with Gasteiger partial charge in [0.1, 0.15) is 6.10 Å². The number of carbonyl (C=O) groups excluding carboxylic acids is 1. The lowest BCUT2D eigenvalue weighted by Gasteiger charge is -2.32. The highest BCUT2D eigenvalue weighted by Gasteiger charge is 2.30. The number of esters is 1. The molecule has 3 heteroatoms. The zero-order chi connectivity index (χ0) is 11.6. The quantitative estimate of drug-likeness (QED) is 0.558. The number of aliphatic hydroxyl groups is 1. The van der Waals surface area contributed by atoms with Gasteiger partial charge < -0.3 is 9.84 Å². The van der Waals surface area contributed by atoms with Gasteiger partial charge in [0.15, 0.2) is 0 Å². The van der Waals surface area contributed by atoms with Gasteiger partial charge in [0, 0.05) is 12.8 Å². The van der Waals surface area contributed by atoms with E-state index in [2.05, 4.69) is 6.58 Å². The molecule has 15 heavy (non-hydrogen) atoms. The Hall–Kier alpha value is -1.09. The van der Waals surface area contributed by atoms with E-state index in [-0.39, 0.29) is 18.0 Å². The van der Waals surface area contributed by atoms with Gasteiger partial charge in [-0.3, -0.25) is 4.79 Å². The smallest absolute Gasteiger partial charge is 0.303 e. The lowest BCUT2D eigenvalue weighted by molar-refractivity contribution is -0.146. The third-order valence-electron chi connectivity index (χ3n) is 2.76. The fraction of sp³-hybridized carbons (Fsp3) is 0.583. The third-order valence-corrected chi connectivity index (χ3v) is 2.76. The van der Waals surface area contributed by atoms with Crippen LogP contribution in [0.5, 0.6) is 0 Å². The van der Waals surface area contributed by atoms with Crippen LogP contribution < -0.4 is 0 Å². The van der Waals surface area contributed by atoms with Crippen LogP contribution in [0.4, 0.5) is 0 Å². The molecule has 0 radical (unpaired) electrons. The number of aliphatic hydroxyl groups excluding tert-OH is 1. The molecular weight excluding hydrogens is 192 g/mol. The molecule has 0 aromatic heterocycles. The standard InChI is InChI=1S/C12H18O3/c1-7(2)10-6-11(14)8(3)5-12(10)15-9(4)13/h5,10-12,14H,1,6H2,2-4H3/t10-,11+,12-/m0/s1. The molecule has 1 rings (SSSR count). The van der Waals surface area contributed by atoms with Crippen LogP contribution in [0, 0.1) is 5.92 Å². The number of carbonyl (C=O) groups is 1. The lowest BCUT2D eigenvalue weighted by atomic mass is 9.82. The van der Waals surface area contributed by atoms with Gasteiger partial charge >= 0.3 is 5.97 Å². The average molecular weight is 210 g/mol. The van der Waals surface area contributed by atoms with E-state index in [1.165, 1.54) is 6.92 Å². The fourth-order valence-corrected chi connectivity index (χ4v) is 1.84. The summed E-state index contributed by atoms with van der Waals surface area (Å²) in [6.45, 7) is 8.99. The minimum Gasteiger partial charge on any atom is -0.458 e. The summed E-state index contributed by atoms with van der Waals surface area (Å²) in [4.78, 5) is 10.9. The summed E-state index contributed by atoms with van der Waals surface area (Å²) in [6.07, 6.45) is 1.67. The van der Waals surface area contributed by atoms with E-state index >= 15 is 0 Å². The normalized spacial score (nSPS) is 30.7. The number of hydrogen-bond donors (Lipinski definition) is 1. The Morgan fingerprint density at radius 3 is 2.67 bits per heavy atom. The van der Waals surface area contributed by atoms with E-state index in [1.54, 1.807) is 0 Å². The summed E-state index contributed by atoms with van der Waals surface area (Å²) < 4.78 is 5.20. The molecule has 1 aliphatic carbocycles. The summed E-state index contributed by atoms with van der Waals surface area (Å²) in [7, 11) is 0. The molecule has 0 bridgehead atoms. The van der Waals surface area contributed by atoms with Crippen molar-refractivity contribution in [3.63, 3.8) is 0 Å². The third kappa shape index (κ3) is 2.93. The highest BCUT2D eigenvalue weighted by Crippen LogP contribution is 2.30. The molecular formula is C12H18O3. The minimum absolute atomic E-state index is 0.0209. The zero-order valence-electron chi connectivity index (χ0n) is 9.49. The second-order valence-electron chi connectivity index (χ2n) is 4.19. The topological polar surface area (TPSA) is 46.5 Å². The summed E-state index contributed by atoms with van der Waals surface area (Å²) in [6, 6.07) is 0. The number of hydrogen-bond acceptors (Lipinski definition) is 3. The van der Waals surface area contributed by atoms with Gasteiger partial charge in [0.25, 0.3) is 0 Å². The number of ether oxygens (including phenoxy) is 1. The minimum atomic E-state index is -0.446. The van der Waals surface area contributed by atoms with Crippen molar-refractivity contribution in [2.45, 2.75) is 39.4 Å². The lowest BCUT2D eigenvalue weighted by Crippen LogP contribution is -2.33. The Balaban J connectivity index is 2.87. The first-order chi connectivity index (χ1) is 6.91. The van der Waals surface area contributed by atoms with Gasteiger partial charge in [0.2, 0.25) is 0 Å². The Labute approximate surface area is 90.4 Å². The van der Waals surface area contributed by atoms with E-state index in [0.29, 0.717) is 6.42 Å². The van der Waals surface area contributed by atoms with E-state index in [4.69, 9.17) is 4.74 Å². The molecule has 0 spiro atoms. The summed E-state index contributed by atoms with van der Waals surface area (Å²) in [5.41, 5.74) is 1.79. The predicted octanol–water partition coefficient (Wildman–Crippen LogP) is 1.82. The molecule has 1 aliphatic rings. The van der Waals surface area contributed by atoms with Gasteiger partial charge in [-0.2, -0.15) is 0 Å². The van der Waals surface area contributed by atoms with Gasteiger partial charge in [-0.05, 0) is 31.9 Å². The fourth-order valence-electron chi connectivity index (χ4n) is 1.84. The molecule has 0 heterocycles. The molecule has 0 unspecified atom stereocenters. The van der Waals surface area contributed by atoms with Crippen molar-refractivity contribution in [2.24, 2.45) is 5.92 Å². The van der Waals surface area contributed by atoms with Crippen molar-refractivity contribution in [1.29, 1.82) is 0 Å². The molecule has 0 aromatic rings. The van der Waals surface area contributed by atoms with Gasteiger partial charge in [-0.25, -0.2) is 0 Å². The van der Waals surface area contributed by atoms with Crippen LogP contribution >= 0.6 is 0 Å². The maximum Gasteiger partial charge on any atom is 0.303 e. The predicted molar refractivity (Wildman–Crippen MR) is 58.2 cm³/mol. The van der Waals surface area contributed by atoms with Gasteiger partial charge in [0.05, 0.1) is 6.10 Å². The first-order valence-electron chi connectivity index (χ1n) is 5.10. The van der Waals surface area contributed by atoms with Gasteiger partial charge in [-0.1, -0.05) is 12.2 Å².